The van der Waals surface area contributed by atoms with Crippen molar-refractivity contribution in [2.75, 3.05) is 11.5 Å². The van der Waals surface area contributed by atoms with E-state index in [1.807, 2.05) is 0 Å². The second kappa shape index (κ2) is 7.46. The van der Waals surface area contributed by atoms with Gasteiger partial charge in [0.2, 0.25) is 0 Å². The van der Waals surface area contributed by atoms with E-state index in [-0.39, 0.29) is 23.0 Å². The van der Waals surface area contributed by atoms with E-state index in [1.165, 1.54) is 0 Å². The first kappa shape index (κ1) is 17.9. The van der Waals surface area contributed by atoms with Crippen molar-refractivity contribution in [3.8, 4) is 0 Å². The van der Waals surface area contributed by atoms with Crippen LogP contribution in [0.5, 0.6) is 0 Å². The van der Waals surface area contributed by atoms with Crippen LogP contribution in [-0.2, 0) is 9.84 Å². The SMILES string of the molecule is CCS(=O)(=O)CCCC(CC(C)C(C)(C)C)NN. The Morgan fingerprint density at radius 1 is 1.28 bits per heavy atom. The van der Waals surface area contributed by atoms with Crippen LogP contribution in [0, 0.1) is 11.3 Å². The Balaban J connectivity index is 4.14. The highest BCUT2D eigenvalue weighted by molar-refractivity contribution is 7.91. The van der Waals surface area contributed by atoms with Crippen molar-refractivity contribution < 1.29 is 8.42 Å². The Hall–Kier alpha value is -0.130. The number of hydrogen-bond donors (Lipinski definition) is 2. The van der Waals surface area contributed by atoms with Crippen LogP contribution in [0.3, 0.4) is 0 Å². The highest BCUT2D eigenvalue weighted by Gasteiger charge is 2.23. The summed E-state index contributed by atoms with van der Waals surface area (Å²) >= 11 is 0. The molecule has 5 heteroatoms. The zero-order valence-electron chi connectivity index (χ0n) is 12.5. The molecule has 2 unspecified atom stereocenters. The molecule has 0 heterocycles. The highest BCUT2D eigenvalue weighted by Crippen LogP contribution is 2.29. The Labute approximate surface area is 113 Å². The predicted molar refractivity (Wildman–Crippen MR) is 77.9 cm³/mol. The van der Waals surface area contributed by atoms with Crippen LogP contribution in [0.1, 0.15) is 53.9 Å². The lowest BCUT2D eigenvalue weighted by Gasteiger charge is -2.30. The molecule has 0 radical (unpaired) electrons. The fourth-order valence-corrected chi connectivity index (χ4v) is 2.64. The zero-order valence-corrected chi connectivity index (χ0v) is 13.3. The van der Waals surface area contributed by atoms with Crippen molar-refractivity contribution in [3.05, 3.63) is 0 Å². The maximum Gasteiger partial charge on any atom is 0.150 e. The molecule has 18 heavy (non-hydrogen) atoms. The van der Waals surface area contributed by atoms with Gasteiger partial charge in [-0.05, 0) is 30.6 Å². The highest BCUT2D eigenvalue weighted by atomic mass is 32.2. The first-order chi connectivity index (χ1) is 8.12. The van der Waals surface area contributed by atoms with Gasteiger partial charge in [-0.15, -0.1) is 0 Å². The van der Waals surface area contributed by atoms with Crippen molar-refractivity contribution in [1.82, 2.24) is 5.43 Å². The minimum atomic E-state index is -2.85. The molecule has 0 aliphatic rings. The molecule has 0 aromatic heterocycles. The molecule has 2 atom stereocenters. The average Bonchev–Trinajstić information content (AvgIpc) is 2.26. The van der Waals surface area contributed by atoms with Crippen LogP contribution in [0.2, 0.25) is 0 Å². The molecule has 0 fully saturated rings. The van der Waals surface area contributed by atoms with Gasteiger partial charge in [0.1, 0.15) is 9.84 Å². The maximum atomic E-state index is 11.4. The molecule has 0 aromatic carbocycles. The molecule has 4 nitrogen and oxygen atoms in total. The van der Waals surface area contributed by atoms with Crippen molar-refractivity contribution in [3.63, 3.8) is 0 Å². The fraction of sp³-hybridized carbons (Fsp3) is 1.00. The van der Waals surface area contributed by atoms with Crippen LogP contribution in [0.25, 0.3) is 0 Å². The quantitative estimate of drug-likeness (QED) is 0.527. The summed E-state index contributed by atoms with van der Waals surface area (Å²) in [5.74, 6) is 6.59. The van der Waals surface area contributed by atoms with E-state index in [0.717, 1.165) is 12.8 Å². The topological polar surface area (TPSA) is 72.2 Å². The first-order valence-electron chi connectivity index (χ1n) is 6.79. The van der Waals surface area contributed by atoms with Crippen molar-refractivity contribution in [1.29, 1.82) is 0 Å². The lowest BCUT2D eigenvalue weighted by Crippen LogP contribution is -2.38. The third-order valence-corrected chi connectivity index (χ3v) is 5.59. The van der Waals surface area contributed by atoms with E-state index < -0.39 is 9.84 Å². The minimum Gasteiger partial charge on any atom is -0.271 e. The number of rotatable bonds is 8. The van der Waals surface area contributed by atoms with Crippen molar-refractivity contribution in [2.45, 2.75) is 59.9 Å². The molecule has 0 saturated carbocycles. The van der Waals surface area contributed by atoms with Gasteiger partial charge in [-0.1, -0.05) is 34.6 Å². The first-order valence-corrected chi connectivity index (χ1v) is 8.61. The Kier molecular flexibility index (Phi) is 7.40. The molecule has 3 N–H and O–H groups in total. The van der Waals surface area contributed by atoms with Crippen LogP contribution in [-0.4, -0.2) is 26.0 Å². The molecule has 0 saturated heterocycles. The summed E-state index contributed by atoms with van der Waals surface area (Å²) in [6, 6.07) is 0.200. The third kappa shape index (κ3) is 7.34. The Bertz CT molecular complexity index is 320. The van der Waals surface area contributed by atoms with Crippen LogP contribution < -0.4 is 11.3 Å². The van der Waals surface area contributed by atoms with E-state index in [1.54, 1.807) is 6.92 Å². The van der Waals surface area contributed by atoms with Crippen LogP contribution >= 0.6 is 0 Å². The molecule has 0 rings (SSSR count). The van der Waals surface area contributed by atoms with E-state index in [4.69, 9.17) is 5.84 Å². The summed E-state index contributed by atoms with van der Waals surface area (Å²) in [4.78, 5) is 0. The molecule has 0 bridgehead atoms. The van der Waals surface area contributed by atoms with E-state index >= 15 is 0 Å². The monoisotopic (exact) mass is 278 g/mol. The minimum absolute atomic E-state index is 0.200. The average molecular weight is 278 g/mol. The summed E-state index contributed by atoms with van der Waals surface area (Å²) in [6.07, 6.45) is 2.48. The number of hydrogen-bond acceptors (Lipinski definition) is 4. The van der Waals surface area contributed by atoms with Gasteiger partial charge >= 0.3 is 0 Å². The van der Waals surface area contributed by atoms with Gasteiger partial charge in [-0.3, -0.25) is 11.3 Å². The third-order valence-electron chi connectivity index (χ3n) is 3.80. The fourth-order valence-electron chi connectivity index (χ4n) is 1.74. The van der Waals surface area contributed by atoms with E-state index in [9.17, 15) is 8.42 Å². The standard InChI is InChI=1S/C13H30N2O2S/c1-6-18(16,17)9-7-8-12(15-14)10-11(2)13(3,4)5/h11-12,15H,6-10,14H2,1-5H3. The van der Waals surface area contributed by atoms with Crippen molar-refractivity contribution >= 4 is 9.84 Å². The molecule has 110 valence electrons. The molecular formula is C13H30N2O2S. The second-order valence-corrected chi connectivity index (χ2v) is 8.72. The smallest absolute Gasteiger partial charge is 0.150 e. The number of hydrazine groups is 1. The molecule has 0 aliphatic carbocycles. The van der Waals surface area contributed by atoms with Gasteiger partial charge in [-0.25, -0.2) is 8.42 Å². The summed E-state index contributed by atoms with van der Waals surface area (Å²) in [6.45, 7) is 10.6. The molecular weight excluding hydrogens is 248 g/mol. The number of nitrogens with one attached hydrogen (secondary N) is 1. The van der Waals surface area contributed by atoms with Crippen molar-refractivity contribution in [2.24, 2.45) is 17.2 Å². The second-order valence-electron chi connectivity index (χ2n) is 6.24. The van der Waals surface area contributed by atoms with Gasteiger partial charge in [0, 0.05) is 11.8 Å². The molecule has 0 aromatic rings. The molecule has 0 aliphatic heterocycles. The lowest BCUT2D eigenvalue weighted by molar-refractivity contribution is 0.219. The summed E-state index contributed by atoms with van der Waals surface area (Å²) in [7, 11) is -2.85. The van der Waals surface area contributed by atoms with Gasteiger partial charge in [-0.2, -0.15) is 0 Å². The van der Waals surface area contributed by atoms with Gasteiger partial charge in [0.25, 0.3) is 0 Å². The van der Waals surface area contributed by atoms with Gasteiger partial charge in [0.15, 0.2) is 0 Å². The van der Waals surface area contributed by atoms with Gasteiger partial charge < -0.3 is 0 Å². The lowest BCUT2D eigenvalue weighted by atomic mass is 9.78. The van der Waals surface area contributed by atoms with Crippen LogP contribution in [0.15, 0.2) is 0 Å². The van der Waals surface area contributed by atoms with E-state index in [0.29, 0.717) is 12.3 Å². The summed E-state index contributed by atoms with van der Waals surface area (Å²) in [5, 5.41) is 0. The maximum absolute atomic E-state index is 11.4. The molecule has 0 spiro atoms. The van der Waals surface area contributed by atoms with E-state index in [2.05, 4.69) is 33.1 Å². The normalized spacial score (nSPS) is 16.6. The Morgan fingerprint density at radius 2 is 1.83 bits per heavy atom. The zero-order chi connectivity index (χ0) is 14.4. The summed E-state index contributed by atoms with van der Waals surface area (Å²) < 4.78 is 22.8. The number of sulfone groups is 1. The summed E-state index contributed by atoms with van der Waals surface area (Å²) in [5.41, 5.74) is 3.07. The largest absolute Gasteiger partial charge is 0.271 e. The van der Waals surface area contributed by atoms with Gasteiger partial charge in [0.05, 0.1) is 5.75 Å². The molecule has 0 amide bonds. The van der Waals surface area contributed by atoms with Crippen LogP contribution in [0.4, 0.5) is 0 Å². The number of nitrogens with two attached hydrogens (primary N) is 1. The predicted octanol–water partition coefficient (Wildman–Crippen LogP) is 2.11. The Morgan fingerprint density at radius 3 is 2.22 bits per heavy atom.